The van der Waals surface area contributed by atoms with E-state index in [9.17, 15) is 21.6 Å². The van der Waals surface area contributed by atoms with E-state index in [1.165, 1.54) is 0 Å². The molecule has 0 saturated carbocycles. The highest BCUT2D eigenvalue weighted by Crippen LogP contribution is 2.48. The molecule has 3 atom stereocenters. The molecule has 2 heterocycles. The highest BCUT2D eigenvalue weighted by atomic mass is 32.2. The molecule has 0 aromatic rings. The van der Waals surface area contributed by atoms with Crippen molar-refractivity contribution in [2.75, 3.05) is 31.4 Å². The fourth-order valence-corrected chi connectivity index (χ4v) is 3.91. The number of hydrogen-bond acceptors (Lipinski definition) is 7. The molecule has 0 radical (unpaired) electrons. The summed E-state index contributed by atoms with van der Waals surface area (Å²) in [5, 5.41) is 4.71. The zero-order valence-electron chi connectivity index (χ0n) is 12.0. The van der Waals surface area contributed by atoms with Crippen molar-refractivity contribution < 1.29 is 30.9 Å². The minimum Gasteiger partial charge on any atom is -0.365 e. The average Bonchev–Trinajstić information content (AvgIpc) is 3.31. The molecule has 0 aromatic carbocycles. The molecule has 1 N–H and O–H groups in total. The van der Waals surface area contributed by atoms with Gasteiger partial charge < -0.3 is 4.74 Å². The van der Waals surface area contributed by atoms with Gasteiger partial charge in [0.15, 0.2) is 26.2 Å². The first-order chi connectivity index (χ1) is 10.2. The van der Waals surface area contributed by atoms with E-state index in [1.54, 1.807) is 0 Å². The maximum absolute atomic E-state index is 11.8. The standard InChI is InChI=1S/C12H19N2O6S2/c1-3-21(16,17)6-5-20-9-13-11-7-14(11)10(12(14)15)8-22(18,19)4-2/h3-4,10-11,13H,1-2,5-9H2/q+1. The fraction of sp³-hybridized carbons (Fsp3) is 0.583. The van der Waals surface area contributed by atoms with Crippen molar-refractivity contribution in [2.24, 2.45) is 0 Å². The van der Waals surface area contributed by atoms with Gasteiger partial charge in [0.1, 0.15) is 12.5 Å². The molecular weight excluding hydrogens is 332 g/mol. The van der Waals surface area contributed by atoms with Crippen LogP contribution in [-0.4, -0.2) is 70.8 Å². The predicted molar refractivity (Wildman–Crippen MR) is 79.6 cm³/mol. The van der Waals surface area contributed by atoms with E-state index in [4.69, 9.17) is 4.74 Å². The molecule has 2 fully saturated rings. The Bertz CT molecular complexity index is 699. The van der Waals surface area contributed by atoms with E-state index in [-0.39, 0.29) is 41.4 Å². The van der Waals surface area contributed by atoms with E-state index < -0.39 is 25.7 Å². The number of quaternary nitrogens is 1. The van der Waals surface area contributed by atoms with Crippen LogP contribution in [0.15, 0.2) is 24.0 Å². The van der Waals surface area contributed by atoms with Gasteiger partial charge in [0.05, 0.1) is 12.4 Å². The molecule has 0 bridgehead atoms. The maximum Gasteiger partial charge on any atom is 0.375 e. The summed E-state index contributed by atoms with van der Waals surface area (Å²) in [6.45, 7) is 7.08. The molecule has 2 aliphatic rings. The van der Waals surface area contributed by atoms with Crippen molar-refractivity contribution in [3.05, 3.63) is 24.0 Å². The molecule has 0 aromatic heterocycles. The van der Waals surface area contributed by atoms with Gasteiger partial charge in [-0.3, -0.25) is 0 Å². The minimum absolute atomic E-state index is 0.0241. The van der Waals surface area contributed by atoms with Gasteiger partial charge >= 0.3 is 5.91 Å². The van der Waals surface area contributed by atoms with Crippen LogP contribution in [0.1, 0.15) is 0 Å². The van der Waals surface area contributed by atoms with E-state index in [2.05, 4.69) is 18.5 Å². The molecule has 1 amide bonds. The van der Waals surface area contributed by atoms with Gasteiger partial charge in [0, 0.05) is 10.8 Å². The van der Waals surface area contributed by atoms with Crippen LogP contribution in [0.2, 0.25) is 0 Å². The molecule has 3 unspecified atom stereocenters. The van der Waals surface area contributed by atoms with Crippen LogP contribution >= 0.6 is 0 Å². The van der Waals surface area contributed by atoms with Crippen LogP contribution in [0.25, 0.3) is 0 Å². The molecule has 10 heteroatoms. The minimum atomic E-state index is -3.40. The molecule has 22 heavy (non-hydrogen) atoms. The normalized spacial score (nSPS) is 30.3. The molecular formula is C12H19N2O6S2+. The number of nitrogens with zero attached hydrogens (tertiary/aromatic N) is 1. The molecule has 124 valence electrons. The predicted octanol–water partition coefficient (Wildman–Crippen LogP) is -1.27. The molecule has 8 nitrogen and oxygen atoms in total. The first kappa shape index (κ1) is 17.3. The third kappa shape index (κ3) is 3.46. The summed E-state index contributed by atoms with van der Waals surface area (Å²) in [4.78, 5) is 11.8. The molecule has 2 aliphatic heterocycles. The van der Waals surface area contributed by atoms with Gasteiger partial charge in [0.2, 0.25) is 12.2 Å². The lowest BCUT2D eigenvalue weighted by Gasteiger charge is -2.03. The highest BCUT2D eigenvalue weighted by Gasteiger charge is 2.83. The Morgan fingerprint density at radius 1 is 1.23 bits per heavy atom. The summed E-state index contributed by atoms with van der Waals surface area (Å²) in [5.41, 5.74) is 0. The van der Waals surface area contributed by atoms with E-state index >= 15 is 0 Å². The lowest BCUT2D eigenvalue weighted by atomic mass is 10.5. The summed E-state index contributed by atoms with van der Waals surface area (Å²) >= 11 is 0. The van der Waals surface area contributed by atoms with Crippen LogP contribution < -0.4 is 5.32 Å². The fourth-order valence-electron chi connectivity index (χ4n) is 2.41. The third-order valence-electron chi connectivity index (χ3n) is 3.91. The van der Waals surface area contributed by atoms with Gasteiger partial charge in [-0.2, -0.15) is 0 Å². The lowest BCUT2D eigenvalue weighted by molar-refractivity contribution is -0.645. The largest absolute Gasteiger partial charge is 0.375 e. The summed E-state index contributed by atoms with van der Waals surface area (Å²) in [6, 6.07) is -0.526. The Morgan fingerprint density at radius 2 is 1.86 bits per heavy atom. The smallest absolute Gasteiger partial charge is 0.365 e. The summed E-state index contributed by atoms with van der Waals surface area (Å²) < 4.78 is 50.4. The highest BCUT2D eigenvalue weighted by molar-refractivity contribution is 7.94. The number of hydrogen-bond donors (Lipinski definition) is 1. The van der Waals surface area contributed by atoms with E-state index in [1.807, 2.05) is 0 Å². The van der Waals surface area contributed by atoms with Crippen LogP contribution in [-0.2, 0) is 29.2 Å². The van der Waals surface area contributed by atoms with Gasteiger partial charge in [0.25, 0.3) is 0 Å². The summed E-state index contributed by atoms with van der Waals surface area (Å²) in [6.07, 6.45) is -0.159. The zero-order chi connectivity index (χ0) is 16.6. The van der Waals surface area contributed by atoms with Crippen molar-refractivity contribution in [3.8, 4) is 0 Å². The SMILES string of the molecule is C=CS(=O)(=O)CCOCNC1C[N+]12C(=O)C2CS(=O)(=O)C=C. The maximum atomic E-state index is 11.8. The van der Waals surface area contributed by atoms with Crippen molar-refractivity contribution in [1.29, 1.82) is 0 Å². The monoisotopic (exact) mass is 351 g/mol. The van der Waals surface area contributed by atoms with Gasteiger partial charge in [-0.05, 0) is 0 Å². The summed E-state index contributed by atoms with van der Waals surface area (Å²) in [5.74, 6) is -0.467. The second kappa shape index (κ2) is 5.85. The number of carbonyl (C=O) groups excluding carboxylic acids is 1. The average molecular weight is 351 g/mol. The van der Waals surface area contributed by atoms with Crippen LogP contribution in [0.5, 0.6) is 0 Å². The number of sulfone groups is 2. The first-order valence-electron chi connectivity index (χ1n) is 6.62. The molecule has 2 rings (SSSR count). The number of amides is 1. The van der Waals surface area contributed by atoms with E-state index in [0.717, 1.165) is 10.8 Å². The van der Waals surface area contributed by atoms with Crippen molar-refractivity contribution in [2.45, 2.75) is 12.2 Å². The zero-order valence-corrected chi connectivity index (χ0v) is 13.6. The Kier molecular flexibility index (Phi) is 4.60. The quantitative estimate of drug-likeness (QED) is 0.226. The lowest BCUT2D eigenvalue weighted by Crippen LogP contribution is -2.28. The van der Waals surface area contributed by atoms with Crippen molar-refractivity contribution in [3.63, 3.8) is 0 Å². The topological polar surface area (TPSA) is 107 Å². The second-order valence-corrected chi connectivity index (χ2v) is 9.33. The molecule has 2 saturated heterocycles. The number of ether oxygens (including phenoxy) is 1. The molecule has 1 spiro atoms. The van der Waals surface area contributed by atoms with E-state index in [0.29, 0.717) is 6.54 Å². The van der Waals surface area contributed by atoms with Gasteiger partial charge in [-0.1, -0.05) is 13.2 Å². The van der Waals surface area contributed by atoms with Crippen LogP contribution in [0.3, 0.4) is 0 Å². The third-order valence-corrected chi connectivity index (χ3v) is 6.44. The Morgan fingerprint density at radius 3 is 2.45 bits per heavy atom. The van der Waals surface area contributed by atoms with Crippen molar-refractivity contribution >= 4 is 25.6 Å². The second-order valence-electron chi connectivity index (χ2n) is 5.27. The van der Waals surface area contributed by atoms with Crippen molar-refractivity contribution in [1.82, 2.24) is 5.32 Å². The van der Waals surface area contributed by atoms with Crippen LogP contribution in [0.4, 0.5) is 0 Å². The van der Waals surface area contributed by atoms with Gasteiger partial charge in [-0.15, -0.1) is 0 Å². The number of rotatable bonds is 10. The van der Waals surface area contributed by atoms with Gasteiger partial charge in [-0.25, -0.2) is 31.4 Å². The Balaban J connectivity index is 1.70. The first-order valence-corrected chi connectivity index (χ1v) is 10.0. The van der Waals surface area contributed by atoms with Crippen LogP contribution in [0, 0.1) is 0 Å². The Labute approximate surface area is 129 Å². The number of carbonyl (C=O) groups is 1. The summed E-state index contributed by atoms with van der Waals surface area (Å²) in [7, 11) is -6.68. The number of nitrogens with one attached hydrogen (secondary N) is 1. The Hall–Kier alpha value is -1.07. The molecule has 0 aliphatic carbocycles.